The number of nitrogens with one attached hydrogen (secondary N) is 1. The third-order valence-corrected chi connectivity index (χ3v) is 6.22. The summed E-state index contributed by atoms with van der Waals surface area (Å²) in [5.41, 5.74) is 7.32. The normalized spacial score (nSPS) is 13.2. The molecule has 0 radical (unpaired) electrons. The van der Waals surface area contributed by atoms with Crippen molar-refractivity contribution < 1.29 is 14.3 Å². The lowest BCUT2D eigenvalue weighted by Crippen LogP contribution is -2.34. The molecule has 1 rings (SSSR count). The van der Waals surface area contributed by atoms with Crippen molar-refractivity contribution >= 4 is 18.1 Å². The van der Waals surface area contributed by atoms with Gasteiger partial charge < -0.3 is 15.8 Å². The largest absolute Gasteiger partial charge is 0.438 e. The zero-order valence-corrected chi connectivity index (χ0v) is 22.1. The molecule has 0 heterocycles. The Bertz CT molecular complexity index is 728. The molecule has 2 atom stereocenters. The first kappa shape index (κ1) is 30.5. The average molecular weight is 485 g/mol. The van der Waals surface area contributed by atoms with Crippen LogP contribution in [-0.4, -0.2) is 18.5 Å². The van der Waals surface area contributed by atoms with Crippen LogP contribution in [0.1, 0.15) is 103 Å². The number of ether oxygens (including phenoxy) is 1. The van der Waals surface area contributed by atoms with Gasteiger partial charge in [-0.15, -0.1) is 0 Å². The number of carbonyl (C=O) groups excluding carboxylic acids is 2. The van der Waals surface area contributed by atoms with Crippen LogP contribution in [0.25, 0.3) is 0 Å². The number of alkyl carbamates (subject to hydrolysis) is 1. The summed E-state index contributed by atoms with van der Waals surface area (Å²) in [6, 6.07) is 7.32. The highest BCUT2D eigenvalue weighted by Gasteiger charge is 2.24. The van der Waals surface area contributed by atoms with E-state index < -0.39 is 12.2 Å². The maximum Gasteiger partial charge on any atom is 0.408 e. The third-order valence-electron chi connectivity index (χ3n) is 6.22. The summed E-state index contributed by atoms with van der Waals surface area (Å²) in [6.45, 7) is 4.69. The van der Waals surface area contributed by atoms with E-state index >= 15 is 0 Å². The zero-order chi connectivity index (χ0) is 25.6. The van der Waals surface area contributed by atoms with E-state index in [9.17, 15) is 9.59 Å². The van der Waals surface area contributed by atoms with Gasteiger partial charge in [0.05, 0.1) is 0 Å². The van der Waals surface area contributed by atoms with E-state index in [1.165, 1.54) is 19.3 Å². The van der Waals surface area contributed by atoms with Gasteiger partial charge in [-0.2, -0.15) is 0 Å². The van der Waals surface area contributed by atoms with Gasteiger partial charge in [0.25, 0.3) is 0 Å². The molecule has 0 spiro atoms. The Balaban J connectivity index is 2.48. The number of carbonyl (C=O) groups is 2. The van der Waals surface area contributed by atoms with Crippen molar-refractivity contribution in [2.45, 2.75) is 110 Å². The first-order valence-electron chi connectivity index (χ1n) is 13.6. The number of hydrogen-bond acceptors (Lipinski definition) is 4. The fourth-order valence-electron chi connectivity index (χ4n) is 4.09. The van der Waals surface area contributed by atoms with Crippen molar-refractivity contribution in [3.63, 3.8) is 0 Å². The first-order chi connectivity index (χ1) is 17.1. The number of anilines is 1. The molecule has 3 N–H and O–H groups in total. The number of amides is 1. The van der Waals surface area contributed by atoms with Gasteiger partial charge in [0, 0.05) is 18.2 Å². The fraction of sp³-hybridized carbons (Fsp3) is 0.600. The molecule has 1 aromatic rings. The summed E-state index contributed by atoms with van der Waals surface area (Å²) in [6.07, 6.45) is 22.7. The van der Waals surface area contributed by atoms with Crippen LogP contribution >= 0.6 is 0 Å². The molecular formula is C30H48N2O3. The van der Waals surface area contributed by atoms with Gasteiger partial charge in [-0.05, 0) is 56.2 Å². The lowest BCUT2D eigenvalue weighted by atomic mass is 9.90. The van der Waals surface area contributed by atoms with E-state index in [0.717, 1.165) is 76.1 Å². The van der Waals surface area contributed by atoms with E-state index in [2.05, 4.69) is 43.5 Å². The summed E-state index contributed by atoms with van der Waals surface area (Å²) in [7, 11) is 0. The number of unbranched alkanes of at least 4 members (excludes halogenated alkanes) is 7. The van der Waals surface area contributed by atoms with Crippen molar-refractivity contribution in [3.8, 4) is 0 Å². The Morgan fingerprint density at radius 1 is 0.914 bits per heavy atom. The molecule has 0 aliphatic carbocycles. The summed E-state index contributed by atoms with van der Waals surface area (Å²) < 4.78 is 5.57. The smallest absolute Gasteiger partial charge is 0.408 e. The van der Waals surface area contributed by atoms with Crippen molar-refractivity contribution in [2.24, 2.45) is 5.92 Å². The van der Waals surface area contributed by atoms with Crippen molar-refractivity contribution in [1.29, 1.82) is 0 Å². The Morgan fingerprint density at radius 2 is 1.57 bits per heavy atom. The molecule has 0 fully saturated rings. The number of hydrogen-bond donors (Lipinski definition) is 2. The highest BCUT2D eigenvalue weighted by molar-refractivity contribution is 5.71. The molecule has 1 amide bonds. The van der Waals surface area contributed by atoms with Gasteiger partial charge in [0.1, 0.15) is 0 Å². The van der Waals surface area contributed by atoms with E-state index in [1.807, 2.05) is 12.1 Å². The van der Waals surface area contributed by atoms with E-state index in [1.54, 1.807) is 12.1 Å². The topological polar surface area (TPSA) is 81.4 Å². The van der Waals surface area contributed by atoms with Gasteiger partial charge in [-0.1, -0.05) is 95.2 Å². The molecule has 0 saturated heterocycles. The molecule has 2 unspecified atom stereocenters. The van der Waals surface area contributed by atoms with Crippen molar-refractivity contribution in [1.82, 2.24) is 5.32 Å². The van der Waals surface area contributed by atoms with Crippen molar-refractivity contribution in [2.75, 3.05) is 5.73 Å². The van der Waals surface area contributed by atoms with Crippen LogP contribution in [0.3, 0.4) is 0 Å². The lowest BCUT2D eigenvalue weighted by molar-refractivity contribution is -0.118. The maximum atomic E-state index is 12.4. The van der Waals surface area contributed by atoms with Gasteiger partial charge >= 0.3 is 6.09 Å². The van der Waals surface area contributed by atoms with Crippen LogP contribution in [0.15, 0.2) is 48.6 Å². The Hall–Kier alpha value is -2.56. The van der Waals surface area contributed by atoms with Crippen LogP contribution < -0.4 is 11.1 Å². The number of rotatable bonds is 20. The van der Waals surface area contributed by atoms with Crippen molar-refractivity contribution in [3.05, 3.63) is 54.1 Å². The molecule has 35 heavy (non-hydrogen) atoms. The quantitative estimate of drug-likeness (QED) is 0.0853. The number of nitrogen functional groups attached to an aromatic ring is 1. The van der Waals surface area contributed by atoms with Crippen LogP contribution in [0.2, 0.25) is 0 Å². The molecule has 0 aliphatic heterocycles. The summed E-state index contributed by atoms with van der Waals surface area (Å²) in [5.74, 6) is 0.0751. The molecule has 5 nitrogen and oxygen atoms in total. The zero-order valence-electron chi connectivity index (χ0n) is 22.1. The number of nitrogens with two attached hydrogens (primary N) is 1. The van der Waals surface area contributed by atoms with Gasteiger partial charge in [0.15, 0.2) is 12.4 Å². The fourth-order valence-corrected chi connectivity index (χ4v) is 4.09. The van der Waals surface area contributed by atoms with Crippen LogP contribution in [0.4, 0.5) is 10.5 Å². The highest BCUT2D eigenvalue weighted by Crippen LogP contribution is 2.23. The Morgan fingerprint density at radius 3 is 2.23 bits per heavy atom. The summed E-state index contributed by atoms with van der Waals surface area (Å²) in [4.78, 5) is 24.3. The molecule has 0 saturated carbocycles. The van der Waals surface area contributed by atoms with E-state index in [0.29, 0.717) is 12.2 Å². The number of benzene rings is 1. The number of allylic oxidation sites excluding steroid dienone is 4. The van der Waals surface area contributed by atoms with Gasteiger partial charge in [-0.25, -0.2) is 4.79 Å². The number of aldehydes is 1. The monoisotopic (exact) mass is 484 g/mol. The standard InChI is InChI=1S/C30H48N2O3/c1-3-5-7-9-10-11-12-13-15-17-19-27(18-16-14-8-6-4-2)29(25-33)35-30(34)32-24-26-20-22-28(31)23-21-26/h5,7,10-11,20-23,25,27,29H,3-4,6,8-9,12-19,24,31H2,1-2H3,(H,32,34). The van der Waals surface area contributed by atoms with Gasteiger partial charge in [-0.3, -0.25) is 4.79 Å². The first-order valence-corrected chi connectivity index (χ1v) is 13.6. The molecule has 1 aromatic carbocycles. The minimum absolute atomic E-state index is 0.0751. The SMILES string of the molecule is CCC=CCC=CCCCCCC(CCCCCCC)C(C=O)OC(=O)NCc1ccc(N)cc1. The highest BCUT2D eigenvalue weighted by atomic mass is 16.6. The lowest BCUT2D eigenvalue weighted by Gasteiger charge is -2.23. The Kier molecular flexibility index (Phi) is 18.1. The van der Waals surface area contributed by atoms with Crippen LogP contribution in [0.5, 0.6) is 0 Å². The maximum absolute atomic E-state index is 12.4. The third kappa shape index (κ3) is 15.9. The molecule has 0 aliphatic rings. The molecular weight excluding hydrogens is 436 g/mol. The van der Waals surface area contributed by atoms with E-state index in [4.69, 9.17) is 10.5 Å². The van der Waals surface area contributed by atoms with Crippen LogP contribution in [0, 0.1) is 5.92 Å². The second kappa shape index (κ2) is 20.8. The van der Waals surface area contributed by atoms with E-state index in [-0.39, 0.29) is 5.92 Å². The predicted octanol–water partition coefficient (Wildman–Crippen LogP) is 7.90. The average Bonchev–Trinajstić information content (AvgIpc) is 2.86. The summed E-state index contributed by atoms with van der Waals surface area (Å²) in [5, 5.41) is 2.76. The molecule has 196 valence electrons. The molecule has 0 aromatic heterocycles. The second-order valence-corrected chi connectivity index (χ2v) is 9.29. The van der Waals surface area contributed by atoms with Gasteiger partial charge in [0.2, 0.25) is 0 Å². The Labute approximate surface area is 213 Å². The second-order valence-electron chi connectivity index (χ2n) is 9.29. The molecule has 0 bridgehead atoms. The summed E-state index contributed by atoms with van der Waals surface area (Å²) >= 11 is 0. The predicted molar refractivity (Wildman–Crippen MR) is 147 cm³/mol. The van der Waals surface area contributed by atoms with Crippen LogP contribution in [-0.2, 0) is 16.1 Å². The molecule has 5 heteroatoms. The minimum Gasteiger partial charge on any atom is -0.438 e. The minimum atomic E-state index is -0.696.